The fourth-order valence-corrected chi connectivity index (χ4v) is 1.20. The van der Waals surface area contributed by atoms with Crippen molar-refractivity contribution in [3.05, 3.63) is 35.4 Å². The molecule has 0 radical (unpaired) electrons. The van der Waals surface area contributed by atoms with Crippen molar-refractivity contribution in [3.8, 4) is 5.75 Å². The second-order valence-corrected chi connectivity index (χ2v) is 3.55. The summed E-state index contributed by atoms with van der Waals surface area (Å²) in [5, 5.41) is 9.32. The summed E-state index contributed by atoms with van der Waals surface area (Å²) < 4.78 is 4.89. The lowest BCUT2D eigenvalue weighted by Gasteiger charge is -2.00. The molecule has 3 nitrogen and oxygen atoms in total. The van der Waals surface area contributed by atoms with Crippen molar-refractivity contribution in [2.24, 2.45) is 0 Å². The van der Waals surface area contributed by atoms with Crippen LogP contribution in [0.15, 0.2) is 24.3 Å². The first-order chi connectivity index (χ1) is 7.63. The minimum Gasteiger partial charge on any atom is -0.508 e. The molecule has 1 N–H and O–H groups in total. The van der Waals surface area contributed by atoms with Crippen LogP contribution >= 0.6 is 0 Å². The van der Waals surface area contributed by atoms with Crippen molar-refractivity contribution in [3.63, 3.8) is 0 Å². The molecule has 0 saturated heterocycles. The van der Waals surface area contributed by atoms with Crippen LogP contribution in [0.4, 0.5) is 0 Å². The highest BCUT2D eigenvalue weighted by Crippen LogP contribution is 2.17. The lowest BCUT2D eigenvalue weighted by molar-refractivity contribution is -0.137. The van der Waals surface area contributed by atoms with Gasteiger partial charge in [0.1, 0.15) is 5.75 Å². The minimum atomic E-state index is -0.340. The Morgan fingerprint density at radius 2 is 2.25 bits per heavy atom. The van der Waals surface area contributed by atoms with E-state index in [-0.39, 0.29) is 11.7 Å². The Labute approximate surface area is 95.4 Å². The van der Waals surface area contributed by atoms with Gasteiger partial charge in [-0.1, -0.05) is 13.0 Å². The van der Waals surface area contributed by atoms with E-state index < -0.39 is 0 Å². The molecule has 1 aromatic carbocycles. The summed E-state index contributed by atoms with van der Waals surface area (Å²) in [5.74, 6) is -0.0849. The van der Waals surface area contributed by atoms with E-state index in [1.165, 1.54) is 6.08 Å². The van der Waals surface area contributed by atoms with Gasteiger partial charge in [-0.2, -0.15) is 0 Å². The topological polar surface area (TPSA) is 46.5 Å². The predicted molar refractivity (Wildman–Crippen MR) is 63.1 cm³/mol. The standard InChI is InChI=1S/C13H16O3/c1-3-8-16-13(15)7-5-11-4-6-12(14)10(2)9-11/h4-7,9,14H,3,8H2,1-2H3/b7-5+. The molecule has 0 aliphatic carbocycles. The van der Waals surface area contributed by atoms with Gasteiger partial charge in [-0.3, -0.25) is 0 Å². The smallest absolute Gasteiger partial charge is 0.330 e. The molecule has 86 valence electrons. The number of phenols is 1. The van der Waals surface area contributed by atoms with Crippen LogP contribution in [-0.2, 0) is 9.53 Å². The van der Waals surface area contributed by atoms with Crippen LogP contribution in [-0.4, -0.2) is 17.7 Å². The Kier molecular flexibility index (Phi) is 4.58. The largest absolute Gasteiger partial charge is 0.508 e. The maximum atomic E-state index is 11.2. The van der Waals surface area contributed by atoms with E-state index in [1.807, 2.05) is 13.8 Å². The molecule has 0 atom stereocenters. The summed E-state index contributed by atoms with van der Waals surface area (Å²) in [6.45, 7) is 4.19. The number of phenolic OH excluding ortho intramolecular Hbond substituents is 1. The zero-order chi connectivity index (χ0) is 12.0. The van der Waals surface area contributed by atoms with Gasteiger partial charge >= 0.3 is 5.97 Å². The number of carbonyl (C=O) groups is 1. The average molecular weight is 220 g/mol. The Bertz CT molecular complexity index is 394. The van der Waals surface area contributed by atoms with Crippen molar-refractivity contribution in [1.82, 2.24) is 0 Å². The normalized spacial score (nSPS) is 10.6. The molecule has 16 heavy (non-hydrogen) atoms. The van der Waals surface area contributed by atoms with Gasteiger partial charge in [0.2, 0.25) is 0 Å². The van der Waals surface area contributed by atoms with Gasteiger partial charge in [-0.15, -0.1) is 0 Å². The van der Waals surface area contributed by atoms with Crippen LogP contribution in [0.5, 0.6) is 5.75 Å². The SMILES string of the molecule is CCCOC(=O)/C=C/c1ccc(O)c(C)c1. The maximum absolute atomic E-state index is 11.2. The van der Waals surface area contributed by atoms with Crippen molar-refractivity contribution in [2.45, 2.75) is 20.3 Å². The number of ether oxygens (including phenoxy) is 1. The highest BCUT2D eigenvalue weighted by atomic mass is 16.5. The third-order valence-electron chi connectivity index (χ3n) is 2.08. The van der Waals surface area contributed by atoms with Crippen LogP contribution in [0.1, 0.15) is 24.5 Å². The lowest BCUT2D eigenvalue weighted by Crippen LogP contribution is -2.00. The molecule has 0 aliphatic rings. The minimum absolute atomic E-state index is 0.255. The molecule has 0 bridgehead atoms. The zero-order valence-electron chi connectivity index (χ0n) is 9.56. The van der Waals surface area contributed by atoms with E-state index in [0.717, 1.165) is 17.5 Å². The highest BCUT2D eigenvalue weighted by Gasteiger charge is 1.97. The molecule has 1 rings (SSSR count). The van der Waals surface area contributed by atoms with E-state index >= 15 is 0 Å². The van der Waals surface area contributed by atoms with Gasteiger partial charge in [0.05, 0.1) is 6.61 Å². The van der Waals surface area contributed by atoms with E-state index in [2.05, 4.69) is 0 Å². The Morgan fingerprint density at radius 3 is 2.88 bits per heavy atom. The molecule has 0 unspecified atom stereocenters. The summed E-state index contributed by atoms with van der Waals surface area (Å²) in [4.78, 5) is 11.2. The number of rotatable bonds is 4. The Balaban J connectivity index is 2.62. The molecule has 1 aromatic rings. The van der Waals surface area contributed by atoms with Gasteiger partial charge in [-0.05, 0) is 42.7 Å². The number of aryl methyl sites for hydroxylation is 1. The van der Waals surface area contributed by atoms with Crippen molar-refractivity contribution < 1.29 is 14.6 Å². The van der Waals surface area contributed by atoms with Crippen LogP contribution in [0, 0.1) is 6.92 Å². The van der Waals surface area contributed by atoms with Crippen molar-refractivity contribution >= 4 is 12.0 Å². The fraction of sp³-hybridized carbons (Fsp3) is 0.308. The third kappa shape index (κ3) is 3.77. The maximum Gasteiger partial charge on any atom is 0.330 e. The summed E-state index contributed by atoms with van der Waals surface area (Å²) >= 11 is 0. The van der Waals surface area contributed by atoms with E-state index in [0.29, 0.717) is 6.61 Å². The predicted octanol–water partition coefficient (Wildman–Crippen LogP) is 2.67. The number of carbonyl (C=O) groups excluding carboxylic acids is 1. The quantitative estimate of drug-likeness (QED) is 0.626. The molecule has 0 fully saturated rings. The molecular formula is C13H16O3. The molecule has 0 saturated carbocycles. The van der Waals surface area contributed by atoms with E-state index in [9.17, 15) is 9.90 Å². The Hall–Kier alpha value is -1.77. The second-order valence-electron chi connectivity index (χ2n) is 3.55. The highest BCUT2D eigenvalue weighted by molar-refractivity contribution is 5.87. The fourth-order valence-electron chi connectivity index (χ4n) is 1.20. The number of aromatic hydroxyl groups is 1. The average Bonchev–Trinajstić information content (AvgIpc) is 2.28. The van der Waals surface area contributed by atoms with Crippen LogP contribution < -0.4 is 0 Å². The number of hydrogen-bond donors (Lipinski definition) is 1. The van der Waals surface area contributed by atoms with E-state index in [1.54, 1.807) is 24.3 Å². The van der Waals surface area contributed by atoms with Crippen molar-refractivity contribution in [1.29, 1.82) is 0 Å². The second kappa shape index (κ2) is 5.95. The number of hydrogen-bond acceptors (Lipinski definition) is 3. The third-order valence-corrected chi connectivity index (χ3v) is 2.08. The summed E-state index contributed by atoms with van der Waals surface area (Å²) in [7, 11) is 0. The summed E-state index contributed by atoms with van der Waals surface area (Å²) in [5.41, 5.74) is 1.65. The van der Waals surface area contributed by atoms with Gasteiger partial charge in [-0.25, -0.2) is 4.79 Å². The molecular weight excluding hydrogens is 204 g/mol. The van der Waals surface area contributed by atoms with E-state index in [4.69, 9.17) is 4.74 Å². The molecule has 0 aliphatic heterocycles. The first-order valence-electron chi connectivity index (χ1n) is 5.28. The van der Waals surface area contributed by atoms with Crippen molar-refractivity contribution in [2.75, 3.05) is 6.61 Å². The molecule has 0 amide bonds. The molecule has 0 spiro atoms. The summed E-state index contributed by atoms with van der Waals surface area (Å²) in [6, 6.07) is 5.15. The number of benzene rings is 1. The molecule has 0 heterocycles. The van der Waals surface area contributed by atoms with Gasteiger partial charge in [0, 0.05) is 6.08 Å². The van der Waals surface area contributed by atoms with Gasteiger partial charge in [0.15, 0.2) is 0 Å². The first kappa shape index (κ1) is 12.3. The van der Waals surface area contributed by atoms with Crippen LogP contribution in [0.3, 0.4) is 0 Å². The Morgan fingerprint density at radius 1 is 1.50 bits per heavy atom. The summed E-state index contributed by atoms with van der Waals surface area (Å²) in [6.07, 6.45) is 3.88. The first-order valence-corrected chi connectivity index (χ1v) is 5.28. The zero-order valence-corrected chi connectivity index (χ0v) is 9.56. The monoisotopic (exact) mass is 220 g/mol. The number of esters is 1. The van der Waals surface area contributed by atoms with Gasteiger partial charge < -0.3 is 9.84 Å². The van der Waals surface area contributed by atoms with Crippen LogP contribution in [0.25, 0.3) is 6.08 Å². The van der Waals surface area contributed by atoms with Gasteiger partial charge in [0.25, 0.3) is 0 Å². The lowest BCUT2D eigenvalue weighted by atomic mass is 10.1. The molecule has 0 aromatic heterocycles. The van der Waals surface area contributed by atoms with Crippen LogP contribution in [0.2, 0.25) is 0 Å². The molecule has 3 heteroatoms.